The topological polar surface area (TPSA) is 107 Å². The zero-order valence-corrected chi connectivity index (χ0v) is 21.5. The first-order valence-electron chi connectivity index (χ1n) is 13.7. The summed E-state index contributed by atoms with van der Waals surface area (Å²) in [5.74, 6) is 1.51. The first-order chi connectivity index (χ1) is 19.0. The summed E-state index contributed by atoms with van der Waals surface area (Å²) in [6, 6.07) is 11.1. The predicted octanol–water partition coefficient (Wildman–Crippen LogP) is 3.77. The lowest BCUT2D eigenvalue weighted by Gasteiger charge is -2.42. The van der Waals surface area contributed by atoms with Crippen molar-refractivity contribution >= 4 is 40.1 Å². The van der Waals surface area contributed by atoms with Crippen LogP contribution in [0.4, 0.5) is 27.4 Å². The molecule has 10 heteroatoms. The maximum atomic E-state index is 13.9. The Labute approximate surface area is 224 Å². The number of nitrogens with two attached hydrogens (primary N) is 1. The third kappa shape index (κ3) is 3.33. The van der Waals surface area contributed by atoms with Gasteiger partial charge in [-0.05, 0) is 66.0 Å². The molecule has 1 amide bonds. The number of amides is 1. The number of carbonyl (C=O) groups is 1. The van der Waals surface area contributed by atoms with Crippen molar-refractivity contribution in [2.45, 2.75) is 38.1 Å². The summed E-state index contributed by atoms with van der Waals surface area (Å²) in [4.78, 5) is 28.6. The van der Waals surface area contributed by atoms with E-state index in [1.165, 1.54) is 17.2 Å². The second kappa shape index (κ2) is 8.22. The Hall–Kier alpha value is -4.05. The summed E-state index contributed by atoms with van der Waals surface area (Å²) in [5, 5.41) is 7.73. The number of nitrogens with zero attached hydrogens (tertiary/aromatic N) is 6. The van der Waals surface area contributed by atoms with Crippen molar-refractivity contribution < 1.29 is 9.18 Å². The van der Waals surface area contributed by atoms with Crippen LogP contribution in [0.2, 0.25) is 0 Å². The smallest absolute Gasteiger partial charge is 0.227 e. The maximum absolute atomic E-state index is 13.9. The summed E-state index contributed by atoms with van der Waals surface area (Å²) in [7, 11) is 0. The molecule has 2 aromatic carbocycles. The van der Waals surface area contributed by atoms with Crippen molar-refractivity contribution in [3.05, 3.63) is 65.1 Å². The minimum absolute atomic E-state index is 0.0380. The second-order valence-electron chi connectivity index (χ2n) is 11.3. The Bertz CT molecular complexity index is 1640. The molecule has 4 aliphatic rings. The first kappa shape index (κ1) is 22.9. The van der Waals surface area contributed by atoms with Gasteiger partial charge in [0, 0.05) is 38.6 Å². The van der Waals surface area contributed by atoms with Gasteiger partial charge in [0.15, 0.2) is 17.0 Å². The van der Waals surface area contributed by atoms with Crippen LogP contribution in [0.15, 0.2) is 42.6 Å². The Morgan fingerprint density at radius 1 is 1.03 bits per heavy atom. The highest BCUT2D eigenvalue weighted by Gasteiger charge is 2.46. The van der Waals surface area contributed by atoms with Crippen LogP contribution in [0.25, 0.3) is 11.2 Å². The number of para-hydroxylation sites is 1. The van der Waals surface area contributed by atoms with Gasteiger partial charge in [0.2, 0.25) is 5.91 Å². The molecule has 4 aromatic rings. The van der Waals surface area contributed by atoms with Gasteiger partial charge in [0.05, 0.1) is 17.6 Å². The third-order valence-corrected chi connectivity index (χ3v) is 9.34. The lowest BCUT2D eigenvalue weighted by Crippen LogP contribution is -2.45. The average molecular weight is 525 g/mol. The van der Waals surface area contributed by atoms with Crippen molar-refractivity contribution in [2.24, 2.45) is 11.1 Å². The summed E-state index contributed by atoms with van der Waals surface area (Å²) in [6.45, 7) is 2.90. The van der Waals surface area contributed by atoms with E-state index in [0.29, 0.717) is 25.2 Å². The fraction of sp³-hybridized carbons (Fsp3) is 0.379. The molecule has 1 fully saturated rings. The summed E-state index contributed by atoms with van der Waals surface area (Å²) < 4.78 is 13.9. The number of nitrogens with one attached hydrogen (secondary N) is 1. The fourth-order valence-corrected chi connectivity index (χ4v) is 7.21. The van der Waals surface area contributed by atoms with Crippen molar-refractivity contribution in [3.8, 4) is 0 Å². The van der Waals surface area contributed by atoms with Crippen LogP contribution in [0, 0.1) is 11.2 Å². The lowest BCUT2D eigenvalue weighted by molar-refractivity contribution is -0.118. The molecule has 1 saturated heterocycles. The van der Waals surface area contributed by atoms with E-state index in [-0.39, 0.29) is 23.2 Å². The summed E-state index contributed by atoms with van der Waals surface area (Å²) in [5.41, 5.74) is 13.3. The Morgan fingerprint density at radius 3 is 2.74 bits per heavy atom. The molecule has 1 spiro atoms. The van der Waals surface area contributed by atoms with Crippen LogP contribution in [0.5, 0.6) is 0 Å². The molecule has 1 aliphatic carbocycles. The number of aromatic nitrogens is 4. The molecule has 8 rings (SSSR count). The normalized spacial score (nSPS) is 21.5. The standard InChI is InChI=1S/C29H29FN8O/c30-19-6-4-18-15-29(26(31)20(18)14-19)8-10-36(11-9-29)22-16-32-24-27(33-22)34-35-28(24)37-12-13-38-23(39)7-5-17-2-1-3-21(37)25(17)38/h1-4,6,14,16,26H,5,7-13,15,31H2,(H,33,34,35)/t26-/m1/s1. The van der Waals surface area contributed by atoms with E-state index in [4.69, 9.17) is 15.7 Å². The highest BCUT2D eigenvalue weighted by molar-refractivity contribution is 6.03. The van der Waals surface area contributed by atoms with Crippen LogP contribution in [-0.4, -0.2) is 52.3 Å². The number of piperidine rings is 1. The lowest BCUT2D eigenvalue weighted by atomic mass is 9.73. The molecule has 2 aromatic heterocycles. The number of fused-ring (bicyclic) bond motifs is 2. The van der Waals surface area contributed by atoms with Crippen LogP contribution in [0.3, 0.4) is 0 Å². The zero-order valence-electron chi connectivity index (χ0n) is 21.5. The van der Waals surface area contributed by atoms with Gasteiger partial charge in [-0.25, -0.2) is 14.4 Å². The molecule has 39 heavy (non-hydrogen) atoms. The van der Waals surface area contributed by atoms with Gasteiger partial charge >= 0.3 is 0 Å². The van der Waals surface area contributed by atoms with Gasteiger partial charge in [0.1, 0.15) is 11.6 Å². The van der Waals surface area contributed by atoms with Crippen LogP contribution in [0.1, 0.15) is 42.0 Å². The minimum atomic E-state index is -0.219. The highest BCUT2D eigenvalue weighted by atomic mass is 19.1. The maximum Gasteiger partial charge on any atom is 0.227 e. The molecular weight excluding hydrogens is 495 g/mol. The van der Waals surface area contributed by atoms with E-state index < -0.39 is 0 Å². The number of anilines is 4. The number of hydrogen-bond donors (Lipinski definition) is 2. The number of halogens is 1. The second-order valence-corrected chi connectivity index (χ2v) is 11.3. The van der Waals surface area contributed by atoms with Crippen molar-refractivity contribution in [1.29, 1.82) is 0 Å². The molecule has 3 aliphatic heterocycles. The van der Waals surface area contributed by atoms with Gasteiger partial charge in [-0.2, -0.15) is 5.10 Å². The van der Waals surface area contributed by atoms with Crippen LogP contribution in [-0.2, 0) is 17.6 Å². The Morgan fingerprint density at radius 2 is 1.87 bits per heavy atom. The number of H-pyrrole nitrogens is 1. The number of aromatic amines is 1. The van der Waals surface area contributed by atoms with E-state index >= 15 is 0 Å². The molecule has 1 atom stereocenters. The largest absolute Gasteiger partial charge is 0.355 e. The van der Waals surface area contributed by atoms with Crippen LogP contribution < -0.4 is 20.4 Å². The molecule has 198 valence electrons. The van der Waals surface area contributed by atoms with Crippen molar-refractivity contribution in [3.63, 3.8) is 0 Å². The molecule has 0 radical (unpaired) electrons. The number of hydrogen-bond acceptors (Lipinski definition) is 7. The Kier molecular flexibility index (Phi) is 4.83. The minimum Gasteiger partial charge on any atom is -0.355 e. The van der Waals surface area contributed by atoms with Gasteiger partial charge in [-0.1, -0.05) is 18.2 Å². The first-order valence-corrected chi connectivity index (χ1v) is 13.7. The van der Waals surface area contributed by atoms with Gasteiger partial charge in [-0.15, -0.1) is 0 Å². The van der Waals surface area contributed by atoms with E-state index in [1.54, 1.807) is 6.07 Å². The molecule has 0 bridgehead atoms. The van der Waals surface area contributed by atoms with Crippen molar-refractivity contribution in [2.75, 3.05) is 40.9 Å². The molecular formula is C29H29FN8O. The van der Waals surface area contributed by atoms with E-state index in [2.05, 4.69) is 32.1 Å². The van der Waals surface area contributed by atoms with E-state index in [1.807, 2.05) is 23.2 Å². The van der Waals surface area contributed by atoms with Gasteiger partial charge < -0.3 is 20.4 Å². The number of aryl methyl sites for hydroxylation is 1. The molecule has 0 unspecified atom stereocenters. The predicted molar refractivity (Wildman–Crippen MR) is 147 cm³/mol. The number of carbonyl (C=O) groups excluding carboxylic acids is 1. The number of benzene rings is 2. The number of rotatable bonds is 2. The molecule has 3 N–H and O–H groups in total. The average Bonchev–Trinajstić information content (AvgIpc) is 3.49. The quantitative estimate of drug-likeness (QED) is 0.411. The monoisotopic (exact) mass is 524 g/mol. The molecule has 0 saturated carbocycles. The Balaban J connectivity index is 1.05. The van der Waals surface area contributed by atoms with Gasteiger partial charge in [0.25, 0.3) is 0 Å². The highest BCUT2D eigenvalue weighted by Crippen LogP contribution is 2.51. The van der Waals surface area contributed by atoms with Gasteiger partial charge in [-0.3, -0.25) is 9.89 Å². The van der Waals surface area contributed by atoms with E-state index in [0.717, 1.165) is 72.9 Å². The van der Waals surface area contributed by atoms with Crippen molar-refractivity contribution in [1.82, 2.24) is 20.2 Å². The zero-order chi connectivity index (χ0) is 26.3. The third-order valence-electron chi connectivity index (χ3n) is 9.34. The molecule has 9 nitrogen and oxygen atoms in total. The fourth-order valence-electron chi connectivity index (χ4n) is 7.21. The van der Waals surface area contributed by atoms with E-state index in [9.17, 15) is 9.18 Å². The van der Waals surface area contributed by atoms with Crippen LogP contribution >= 0.6 is 0 Å². The summed E-state index contributed by atoms with van der Waals surface area (Å²) in [6.07, 6.45) is 5.89. The summed E-state index contributed by atoms with van der Waals surface area (Å²) >= 11 is 0. The SMILES string of the molecule is N[C@@H]1c2cc(F)ccc2CC12CCN(c1cnc3c(N4CCN5C(=O)CCc6cccc4c65)n[nH]c3n1)CC2. The molecule has 5 heterocycles.